The fourth-order valence-electron chi connectivity index (χ4n) is 5.34. The highest BCUT2D eigenvalue weighted by Crippen LogP contribution is 2.42. The largest absolute Gasteiger partial charge is 0.446 e. The maximum absolute atomic E-state index is 13.6. The summed E-state index contributed by atoms with van der Waals surface area (Å²) in [6.45, 7) is 2.09. The number of hydrogen-bond acceptors (Lipinski definition) is 7. The predicted octanol–water partition coefficient (Wildman–Crippen LogP) is 3.75. The Morgan fingerprint density at radius 1 is 1.10 bits per heavy atom. The summed E-state index contributed by atoms with van der Waals surface area (Å²) in [6, 6.07) is 5.44. The summed E-state index contributed by atoms with van der Waals surface area (Å²) >= 11 is 5.99. The number of nitrogens with one attached hydrogen (secondary N) is 3. The van der Waals surface area contributed by atoms with E-state index >= 15 is 0 Å². The van der Waals surface area contributed by atoms with Crippen LogP contribution in [0.25, 0.3) is 0 Å². The van der Waals surface area contributed by atoms with Gasteiger partial charge in [-0.05, 0) is 82.9 Å². The number of hydrogen-bond donors (Lipinski definition) is 3. The van der Waals surface area contributed by atoms with Gasteiger partial charge in [0.2, 0.25) is 21.8 Å². The summed E-state index contributed by atoms with van der Waals surface area (Å²) in [6.07, 6.45) is 6.63. The van der Waals surface area contributed by atoms with E-state index in [2.05, 4.69) is 15.4 Å². The molecule has 1 aromatic rings. The summed E-state index contributed by atoms with van der Waals surface area (Å²) in [7, 11) is -2.22. The molecule has 0 saturated heterocycles. The number of sulfonamides is 1. The van der Waals surface area contributed by atoms with Crippen molar-refractivity contribution in [2.24, 2.45) is 11.8 Å². The summed E-state index contributed by atoms with van der Waals surface area (Å²) < 4.78 is 32.2. The Bertz CT molecular complexity index is 1330. The van der Waals surface area contributed by atoms with Crippen LogP contribution in [-0.2, 0) is 29.1 Å². The van der Waals surface area contributed by atoms with Crippen LogP contribution in [0.1, 0.15) is 64.7 Å². The van der Waals surface area contributed by atoms with Crippen molar-refractivity contribution in [3.8, 4) is 0 Å². The van der Waals surface area contributed by atoms with Gasteiger partial charge in [-0.1, -0.05) is 29.8 Å². The molecule has 3 N–H and O–H groups in total. The number of carbonyl (C=O) groups is 4. The number of fused-ring (bicyclic) bond motifs is 1. The number of allylic oxidation sites excluding steroid dienone is 2. The zero-order valence-electron chi connectivity index (χ0n) is 23.9. The molecule has 0 spiro atoms. The first-order valence-corrected chi connectivity index (χ1v) is 16.2. The summed E-state index contributed by atoms with van der Waals surface area (Å²) in [4.78, 5) is 54.5. The molecule has 230 valence electrons. The molecule has 4 unspecified atom stereocenters. The average Bonchev–Trinajstić information content (AvgIpc) is 3.55. The SMILES string of the molecule is CN1CCCCC=CCCC(C(=O)NS(=O)(=O)C2(C)CC2)NC(=O)C2CC(OC(=O)Nc3cccc(Cl)c3)CC2C1=O. The van der Waals surface area contributed by atoms with Crippen LogP contribution in [0.2, 0.25) is 5.02 Å². The van der Waals surface area contributed by atoms with Crippen molar-refractivity contribution in [1.29, 1.82) is 0 Å². The van der Waals surface area contributed by atoms with Gasteiger partial charge < -0.3 is 15.0 Å². The standard InChI is InChI=1S/C29H39ClN4O7S/c1-29(13-14-29)42(39,40)33-26(36)24-12-7-5-3-4-6-8-15-34(2)27(37)23-18-21(17-22(23)25(35)32-24)41-28(38)31-20-11-9-10-19(30)16-20/h3,5,9-11,16,21-24H,4,6-8,12-15,17-18H2,1-2H3,(H,31,38)(H,32,35)(H,33,36). The van der Waals surface area contributed by atoms with E-state index in [1.807, 2.05) is 12.2 Å². The minimum atomic E-state index is -3.91. The van der Waals surface area contributed by atoms with Gasteiger partial charge in [-0.2, -0.15) is 0 Å². The number of amides is 4. The Balaban J connectivity index is 1.51. The third-order valence-electron chi connectivity index (χ3n) is 8.27. The monoisotopic (exact) mass is 622 g/mol. The zero-order valence-corrected chi connectivity index (χ0v) is 25.5. The number of rotatable bonds is 5. The lowest BCUT2D eigenvalue weighted by atomic mass is 9.93. The van der Waals surface area contributed by atoms with Crippen molar-refractivity contribution in [3.63, 3.8) is 0 Å². The lowest BCUT2D eigenvalue weighted by Gasteiger charge is -2.26. The van der Waals surface area contributed by atoms with E-state index in [0.717, 1.165) is 19.3 Å². The second-order valence-electron chi connectivity index (χ2n) is 11.6. The maximum Gasteiger partial charge on any atom is 0.411 e. The van der Waals surface area contributed by atoms with Crippen molar-refractivity contribution in [3.05, 3.63) is 41.4 Å². The van der Waals surface area contributed by atoms with Gasteiger partial charge in [-0.3, -0.25) is 24.4 Å². The van der Waals surface area contributed by atoms with Gasteiger partial charge in [0, 0.05) is 24.3 Å². The molecule has 4 rings (SSSR count). The molecular weight excluding hydrogens is 584 g/mol. The summed E-state index contributed by atoms with van der Waals surface area (Å²) in [5.41, 5.74) is 0.437. The molecule has 2 aliphatic carbocycles. The molecule has 4 amide bonds. The minimum Gasteiger partial charge on any atom is -0.446 e. The van der Waals surface area contributed by atoms with Crippen molar-refractivity contribution in [1.82, 2.24) is 14.9 Å². The summed E-state index contributed by atoms with van der Waals surface area (Å²) in [5.74, 6) is -3.26. The Kier molecular flexibility index (Phi) is 10.2. The maximum atomic E-state index is 13.6. The molecule has 2 saturated carbocycles. The smallest absolute Gasteiger partial charge is 0.411 e. The van der Waals surface area contributed by atoms with Crippen LogP contribution in [0.5, 0.6) is 0 Å². The highest BCUT2D eigenvalue weighted by Gasteiger charge is 2.51. The molecule has 4 atom stereocenters. The van der Waals surface area contributed by atoms with Crippen LogP contribution in [0.4, 0.5) is 10.5 Å². The molecule has 0 aromatic heterocycles. The molecule has 3 aliphatic rings. The lowest BCUT2D eigenvalue weighted by Crippen LogP contribution is -2.52. The second kappa shape index (κ2) is 13.5. The molecule has 13 heteroatoms. The van der Waals surface area contributed by atoms with Crippen molar-refractivity contribution in [2.45, 2.75) is 81.6 Å². The molecule has 1 aliphatic heterocycles. The fraction of sp³-hybridized carbons (Fsp3) is 0.586. The van der Waals surface area contributed by atoms with Gasteiger partial charge >= 0.3 is 6.09 Å². The van der Waals surface area contributed by atoms with E-state index in [-0.39, 0.29) is 25.2 Å². The van der Waals surface area contributed by atoms with Crippen LogP contribution in [0.3, 0.4) is 0 Å². The number of carbonyl (C=O) groups excluding carboxylic acids is 4. The zero-order chi connectivity index (χ0) is 30.5. The van der Waals surface area contributed by atoms with Crippen molar-refractivity contribution < 1.29 is 32.3 Å². The molecule has 2 fully saturated rings. The van der Waals surface area contributed by atoms with Crippen LogP contribution < -0.4 is 15.4 Å². The van der Waals surface area contributed by atoms with Gasteiger partial charge in [-0.15, -0.1) is 0 Å². The molecule has 42 heavy (non-hydrogen) atoms. The summed E-state index contributed by atoms with van der Waals surface area (Å²) in [5, 5.41) is 5.76. The van der Waals surface area contributed by atoms with Gasteiger partial charge in [0.15, 0.2) is 0 Å². The van der Waals surface area contributed by atoms with Gasteiger partial charge in [0.25, 0.3) is 5.91 Å². The Morgan fingerprint density at radius 3 is 2.52 bits per heavy atom. The first kappa shape index (κ1) is 31.8. The number of anilines is 1. The Labute approximate surface area is 251 Å². The second-order valence-corrected chi connectivity index (χ2v) is 14.3. The third kappa shape index (κ3) is 8.03. The van der Waals surface area contributed by atoms with E-state index < -0.39 is 56.7 Å². The van der Waals surface area contributed by atoms with Crippen molar-refractivity contribution in [2.75, 3.05) is 18.9 Å². The predicted molar refractivity (Wildman–Crippen MR) is 158 cm³/mol. The van der Waals surface area contributed by atoms with Gasteiger partial charge in [-0.25, -0.2) is 13.2 Å². The topological polar surface area (TPSA) is 151 Å². The lowest BCUT2D eigenvalue weighted by molar-refractivity contribution is -0.140. The van der Waals surface area contributed by atoms with Crippen LogP contribution in [0, 0.1) is 11.8 Å². The van der Waals surface area contributed by atoms with E-state index in [1.54, 1.807) is 43.1 Å². The number of nitrogens with zero attached hydrogens (tertiary/aromatic N) is 1. The third-order valence-corrected chi connectivity index (χ3v) is 10.7. The molecule has 11 nitrogen and oxygen atoms in total. The first-order valence-electron chi connectivity index (χ1n) is 14.4. The van der Waals surface area contributed by atoms with Crippen LogP contribution in [0.15, 0.2) is 36.4 Å². The van der Waals surface area contributed by atoms with E-state index in [9.17, 15) is 27.6 Å². The van der Waals surface area contributed by atoms with Gasteiger partial charge in [0.1, 0.15) is 12.1 Å². The number of halogens is 1. The number of ether oxygens (including phenoxy) is 1. The fourth-order valence-corrected chi connectivity index (χ4v) is 6.82. The van der Waals surface area contributed by atoms with Gasteiger partial charge in [0.05, 0.1) is 16.6 Å². The molecule has 1 aromatic carbocycles. The molecule has 0 radical (unpaired) electrons. The van der Waals surface area contributed by atoms with E-state index in [0.29, 0.717) is 36.5 Å². The van der Waals surface area contributed by atoms with E-state index in [4.69, 9.17) is 16.3 Å². The van der Waals surface area contributed by atoms with Crippen molar-refractivity contribution >= 4 is 51.1 Å². The average molecular weight is 623 g/mol. The van der Waals surface area contributed by atoms with Crippen LogP contribution in [-0.4, -0.2) is 67.6 Å². The Morgan fingerprint density at radius 2 is 1.81 bits per heavy atom. The van der Waals surface area contributed by atoms with Crippen LogP contribution >= 0.6 is 11.6 Å². The molecule has 1 heterocycles. The number of benzene rings is 1. The van der Waals surface area contributed by atoms with E-state index in [1.165, 1.54) is 0 Å². The Hall–Kier alpha value is -3.12. The minimum absolute atomic E-state index is 0.0731. The first-order chi connectivity index (χ1) is 19.9. The molecular formula is C29H39ClN4O7S. The normalized spacial score (nSPS) is 26.7. The quantitative estimate of drug-likeness (QED) is 0.423. The highest BCUT2D eigenvalue weighted by molar-refractivity contribution is 7.91. The molecule has 0 bridgehead atoms. The highest BCUT2D eigenvalue weighted by atomic mass is 35.5.